The molecule has 8 nitrogen and oxygen atoms in total. The molecule has 246 valence electrons. The van der Waals surface area contributed by atoms with Crippen LogP contribution < -0.4 is 0 Å². The van der Waals surface area contributed by atoms with Crippen LogP contribution in [0.5, 0.6) is 0 Å². The summed E-state index contributed by atoms with van der Waals surface area (Å²) in [7, 11) is 0. The predicted molar refractivity (Wildman–Crippen MR) is 182 cm³/mol. The molecular formula is C39H37ClN2O6. The minimum atomic E-state index is -0.727. The summed E-state index contributed by atoms with van der Waals surface area (Å²) in [5, 5.41) is 0.627. The number of halogens is 1. The Hall–Kier alpha value is -4.82. The highest BCUT2D eigenvalue weighted by Crippen LogP contribution is 2.62. The summed E-state index contributed by atoms with van der Waals surface area (Å²) in [4.78, 5) is 47.4. The molecule has 2 aromatic heterocycles. The van der Waals surface area contributed by atoms with Crippen molar-refractivity contribution in [2.75, 3.05) is 6.61 Å². The zero-order valence-corrected chi connectivity index (χ0v) is 27.7. The van der Waals surface area contributed by atoms with E-state index in [2.05, 4.69) is 29.5 Å². The molecule has 0 saturated heterocycles. The van der Waals surface area contributed by atoms with Gasteiger partial charge in [0.25, 0.3) is 0 Å². The minimum Gasteiger partial charge on any atom is -0.461 e. The van der Waals surface area contributed by atoms with Crippen LogP contribution >= 0.6 is 11.6 Å². The van der Waals surface area contributed by atoms with Gasteiger partial charge in [-0.05, 0) is 91.1 Å². The molecule has 9 heteroatoms. The Kier molecular flexibility index (Phi) is 9.47. The van der Waals surface area contributed by atoms with Crippen LogP contribution in [0.2, 0.25) is 5.02 Å². The Morgan fingerprint density at radius 1 is 1.02 bits per heavy atom. The van der Waals surface area contributed by atoms with Crippen molar-refractivity contribution >= 4 is 35.6 Å². The summed E-state index contributed by atoms with van der Waals surface area (Å²) < 4.78 is 17.7. The van der Waals surface area contributed by atoms with Crippen LogP contribution in [0.3, 0.4) is 0 Å². The smallest absolute Gasteiger partial charge is 0.343 e. The largest absolute Gasteiger partial charge is 0.461 e. The maximum Gasteiger partial charge on any atom is 0.343 e. The van der Waals surface area contributed by atoms with Crippen molar-refractivity contribution < 1.29 is 28.6 Å². The van der Waals surface area contributed by atoms with E-state index in [1.807, 2.05) is 25.1 Å². The fraction of sp³-hybridized carbons (Fsp3) is 0.308. The van der Waals surface area contributed by atoms with E-state index < -0.39 is 29.4 Å². The lowest BCUT2D eigenvalue weighted by atomic mass is 9.46. The van der Waals surface area contributed by atoms with Crippen molar-refractivity contribution in [2.45, 2.75) is 45.6 Å². The van der Waals surface area contributed by atoms with E-state index in [-0.39, 0.29) is 23.9 Å². The summed E-state index contributed by atoms with van der Waals surface area (Å²) in [6.45, 7) is 8.77. The normalized spacial score (nSPS) is 27.7. The molecule has 3 heterocycles. The van der Waals surface area contributed by atoms with Gasteiger partial charge in [-0.15, -0.1) is 0 Å². The molecule has 2 aliphatic carbocycles. The number of hydrogen-bond donors (Lipinski definition) is 0. The zero-order chi connectivity index (χ0) is 33.9. The highest BCUT2D eigenvalue weighted by molar-refractivity contribution is 6.30. The van der Waals surface area contributed by atoms with Gasteiger partial charge in [-0.25, -0.2) is 14.4 Å². The Bertz CT molecular complexity index is 1800. The predicted octanol–water partition coefficient (Wildman–Crippen LogP) is 7.98. The topological polar surface area (TPSA) is 105 Å². The van der Waals surface area contributed by atoms with Gasteiger partial charge < -0.3 is 14.2 Å². The average molecular weight is 665 g/mol. The number of benzene rings is 1. The van der Waals surface area contributed by atoms with Crippen LogP contribution in [-0.4, -0.2) is 40.6 Å². The lowest BCUT2D eigenvalue weighted by Crippen LogP contribution is -2.58. The van der Waals surface area contributed by atoms with E-state index in [1.54, 1.807) is 60.9 Å². The number of esters is 3. The Labute approximate surface area is 285 Å². The molecule has 0 N–H and O–H groups in total. The molecule has 0 amide bonds. The fourth-order valence-electron chi connectivity index (χ4n) is 7.64. The first-order chi connectivity index (χ1) is 23.1. The third-order valence-electron chi connectivity index (χ3n) is 10.1. The third kappa shape index (κ3) is 6.76. The van der Waals surface area contributed by atoms with Gasteiger partial charge in [0.2, 0.25) is 0 Å². The van der Waals surface area contributed by atoms with Gasteiger partial charge in [0.1, 0.15) is 18.5 Å². The first kappa shape index (κ1) is 33.1. The Balaban J connectivity index is 1.28. The molecule has 48 heavy (non-hydrogen) atoms. The van der Waals surface area contributed by atoms with Crippen molar-refractivity contribution in [3.63, 3.8) is 0 Å². The summed E-state index contributed by atoms with van der Waals surface area (Å²) in [6.07, 6.45) is 15.8. The van der Waals surface area contributed by atoms with Crippen LogP contribution in [0.15, 0.2) is 115 Å². The number of cyclic esters (lactones) is 1. The number of carbonyl (C=O) groups excluding carboxylic acids is 3. The Morgan fingerprint density at radius 3 is 2.38 bits per heavy atom. The van der Waals surface area contributed by atoms with Crippen LogP contribution in [0.1, 0.15) is 65.8 Å². The van der Waals surface area contributed by atoms with Crippen LogP contribution in [0, 0.1) is 22.7 Å². The summed E-state index contributed by atoms with van der Waals surface area (Å²) in [5.41, 5.74) is 2.03. The summed E-state index contributed by atoms with van der Waals surface area (Å²) in [5.74, 6) is -1.03. The molecule has 6 rings (SSSR count). The molecule has 0 bridgehead atoms. The number of fused-ring (bicyclic) bond motifs is 1. The highest BCUT2D eigenvalue weighted by Gasteiger charge is 2.59. The second kappa shape index (κ2) is 13.7. The van der Waals surface area contributed by atoms with Crippen molar-refractivity contribution in [3.8, 4) is 0 Å². The molecule has 1 aromatic carbocycles. The SMILES string of the molecule is C=C1CC[C@@H]2[C@](C)(COC(=O)c3cccnc3)[C@H](OC(=O)c3cccnc3)CC[C@@]2(C)[C@@H]1/C=C/C1=CC(=C\c2ccc(Cl)cc2)/OC1=O. The number of pyridine rings is 2. The molecule has 1 aliphatic heterocycles. The third-order valence-corrected chi connectivity index (χ3v) is 10.4. The van der Waals surface area contributed by atoms with Gasteiger partial charge in [-0.2, -0.15) is 0 Å². The molecule has 5 atom stereocenters. The molecule has 0 unspecified atom stereocenters. The van der Waals surface area contributed by atoms with Crippen molar-refractivity contribution in [2.24, 2.45) is 22.7 Å². The molecule has 3 aromatic rings. The molecule has 2 saturated carbocycles. The number of hydrogen-bond acceptors (Lipinski definition) is 8. The molecule has 3 aliphatic rings. The highest BCUT2D eigenvalue weighted by atomic mass is 35.5. The quantitative estimate of drug-likeness (QED) is 0.136. The van der Waals surface area contributed by atoms with Gasteiger partial charge >= 0.3 is 17.9 Å². The maximum atomic E-state index is 13.3. The van der Waals surface area contributed by atoms with E-state index in [0.717, 1.165) is 30.4 Å². The van der Waals surface area contributed by atoms with Crippen molar-refractivity contribution in [1.29, 1.82) is 0 Å². The van der Waals surface area contributed by atoms with Gasteiger partial charge in [0.05, 0.1) is 16.7 Å². The standard InChI is InChI=1S/C39H37ClN2O6/c1-25-8-15-33-38(2,32(25)14-11-27-21-31(47-36(27)44)20-26-9-12-30(40)13-10-26)17-16-34(48-37(45)29-7-5-19-42-23-29)39(33,3)24-46-35(43)28-6-4-18-41-22-28/h4-7,9-14,18-23,32-34H,1,8,15-17,24H2,2-3H3/b14-11+,31-20+/t32-,33+,34-,38+,39+/m1/s1. The van der Waals surface area contributed by atoms with Gasteiger partial charge in [-0.3, -0.25) is 9.97 Å². The van der Waals surface area contributed by atoms with E-state index in [4.69, 9.17) is 25.8 Å². The van der Waals surface area contributed by atoms with Crippen LogP contribution in [-0.2, 0) is 19.0 Å². The van der Waals surface area contributed by atoms with E-state index in [0.29, 0.717) is 33.9 Å². The number of rotatable bonds is 8. The molecule has 2 fully saturated rings. The fourth-order valence-corrected chi connectivity index (χ4v) is 7.76. The minimum absolute atomic E-state index is 0.0165. The van der Waals surface area contributed by atoms with Gasteiger partial charge in [0.15, 0.2) is 0 Å². The van der Waals surface area contributed by atoms with Crippen molar-refractivity contribution in [3.05, 3.63) is 137 Å². The number of aromatic nitrogens is 2. The zero-order valence-electron chi connectivity index (χ0n) is 26.9. The number of allylic oxidation sites excluding steroid dienone is 3. The number of nitrogens with zero attached hydrogens (tertiary/aromatic N) is 2. The molecule has 0 radical (unpaired) electrons. The lowest BCUT2D eigenvalue weighted by molar-refractivity contribution is -0.150. The number of carbonyl (C=O) groups is 3. The van der Waals surface area contributed by atoms with E-state index >= 15 is 0 Å². The average Bonchev–Trinajstić information content (AvgIpc) is 3.44. The molecule has 0 spiro atoms. The first-order valence-electron chi connectivity index (χ1n) is 16.0. The van der Waals surface area contributed by atoms with Crippen LogP contribution in [0.4, 0.5) is 0 Å². The summed E-state index contributed by atoms with van der Waals surface area (Å²) in [6, 6.07) is 14.0. The lowest BCUT2D eigenvalue weighted by Gasteiger charge is -2.59. The second-order valence-electron chi connectivity index (χ2n) is 13.2. The first-order valence-corrected chi connectivity index (χ1v) is 16.4. The Morgan fingerprint density at radius 2 is 1.71 bits per heavy atom. The monoisotopic (exact) mass is 664 g/mol. The molecular weight excluding hydrogens is 628 g/mol. The van der Waals surface area contributed by atoms with E-state index in [9.17, 15) is 14.4 Å². The number of ether oxygens (including phenoxy) is 3. The van der Waals surface area contributed by atoms with E-state index in [1.165, 1.54) is 12.4 Å². The van der Waals surface area contributed by atoms with Crippen LogP contribution in [0.25, 0.3) is 6.08 Å². The van der Waals surface area contributed by atoms with Crippen molar-refractivity contribution in [1.82, 2.24) is 9.97 Å². The van der Waals surface area contributed by atoms with Gasteiger partial charge in [0, 0.05) is 41.1 Å². The van der Waals surface area contributed by atoms with Gasteiger partial charge in [-0.1, -0.05) is 61.9 Å². The summed E-state index contributed by atoms with van der Waals surface area (Å²) >= 11 is 6.01. The maximum absolute atomic E-state index is 13.3. The second-order valence-corrected chi connectivity index (χ2v) is 13.6.